The van der Waals surface area contributed by atoms with Gasteiger partial charge in [-0.1, -0.05) is 13.8 Å². The first-order chi connectivity index (χ1) is 11.1. The van der Waals surface area contributed by atoms with E-state index in [1.54, 1.807) is 0 Å². The SMILES string of the molecule is CCCOC1(C(=O)Nc2ccc(O[C@@H](C)CC)cc2)CCCC1. The fraction of sp³-hybridized carbons (Fsp3) is 0.632. The van der Waals surface area contributed by atoms with Crippen molar-refractivity contribution in [2.24, 2.45) is 0 Å². The molecule has 1 atom stereocenters. The Morgan fingerprint density at radius 1 is 1.22 bits per heavy atom. The van der Waals surface area contributed by atoms with Crippen molar-refractivity contribution in [2.45, 2.75) is 71.0 Å². The van der Waals surface area contributed by atoms with Gasteiger partial charge >= 0.3 is 0 Å². The third-order valence-electron chi connectivity index (χ3n) is 4.43. The van der Waals surface area contributed by atoms with Crippen molar-refractivity contribution in [1.29, 1.82) is 0 Å². The molecular weight excluding hydrogens is 290 g/mol. The molecule has 1 amide bonds. The zero-order valence-corrected chi connectivity index (χ0v) is 14.6. The van der Waals surface area contributed by atoms with E-state index in [1.807, 2.05) is 31.2 Å². The Labute approximate surface area is 139 Å². The summed E-state index contributed by atoms with van der Waals surface area (Å²) in [5.41, 5.74) is 0.153. The molecule has 0 spiro atoms. The lowest BCUT2D eigenvalue weighted by Crippen LogP contribution is -2.43. The first kappa shape index (κ1) is 17.8. The average Bonchev–Trinajstić information content (AvgIpc) is 3.05. The molecule has 0 saturated heterocycles. The minimum Gasteiger partial charge on any atom is -0.491 e. The van der Waals surface area contributed by atoms with Gasteiger partial charge in [0.1, 0.15) is 11.4 Å². The van der Waals surface area contributed by atoms with Gasteiger partial charge in [-0.2, -0.15) is 0 Å². The van der Waals surface area contributed by atoms with Crippen LogP contribution in [0, 0.1) is 0 Å². The monoisotopic (exact) mass is 319 g/mol. The standard InChI is InChI=1S/C19H29NO3/c1-4-14-22-19(12-6-7-13-19)18(21)20-16-8-10-17(11-9-16)23-15(3)5-2/h8-11,15H,4-7,12-14H2,1-3H3,(H,20,21)/t15-/m0/s1. The number of carbonyl (C=O) groups is 1. The van der Waals surface area contributed by atoms with Crippen LogP contribution in [-0.4, -0.2) is 24.2 Å². The number of hydrogen-bond donors (Lipinski definition) is 1. The molecule has 2 rings (SSSR count). The first-order valence-electron chi connectivity index (χ1n) is 8.82. The minimum absolute atomic E-state index is 0.0148. The maximum absolute atomic E-state index is 12.7. The molecular formula is C19H29NO3. The first-order valence-corrected chi connectivity index (χ1v) is 8.82. The van der Waals surface area contributed by atoms with Gasteiger partial charge in [0, 0.05) is 12.3 Å². The smallest absolute Gasteiger partial charge is 0.256 e. The van der Waals surface area contributed by atoms with Crippen molar-refractivity contribution < 1.29 is 14.3 Å². The molecule has 0 aliphatic heterocycles. The Morgan fingerprint density at radius 3 is 2.43 bits per heavy atom. The number of carbonyl (C=O) groups excluding carboxylic acids is 1. The lowest BCUT2D eigenvalue weighted by atomic mass is 10.0. The van der Waals surface area contributed by atoms with Crippen molar-refractivity contribution in [3.05, 3.63) is 24.3 Å². The number of amides is 1. The molecule has 0 unspecified atom stereocenters. The molecule has 1 aromatic rings. The molecule has 128 valence electrons. The summed E-state index contributed by atoms with van der Waals surface area (Å²) < 4.78 is 11.7. The second-order valence-electron chi connectivity index (χ2n) is 6.37. The normalized spacial score (nSPS) is 17.7. The van der Waals surface area contributed by atoms with Gasteiger partial charge < -0.3 is 14.8 Å². The van der Waals surface area contributed by atoms with Gasteiger partial charge in [-0.3, -0.25) is 4.79 Å². The second kappa shape index (κ2) is 8.34. The zero-order chi connectivity index (χ0) is 16.7. The second-order valence-corrected chi connectivity index (χ2v) is 6.37. The maximum atomic E-state index is 12.7. The number of rotatable bonds is 8. The van der Waals surface area contributed by atoms with Gasteiger partial charge in [0.2, 0.25) is 0 Å². The van der Waals surface area contributed by atoms with Crippen molar-refractivity contribution in [3.8, 4) is 5.75 Å². The molecule has 4 heteroatoms. The molecule has 1 N–H and O–H groups in total. The van der Waals surface area contributed by atoms with Crippen LogP contribution in [0.2, 0.25) is 0 Å². The van der Waals surface area contributed by atoms with E-state index in [9.17, 15) is 4.79 Å². The fourth-order valence-electron chi connectivity index (χ4n) is 2.86. The van der Waals surface area contributed by atoms with Gasteiger partial charge in [-0.15, -0.1) is 0 Å². The molecule has 0 heterocycles. The zero-order valence-electron chi connectivity index (χ0n) is 14.6. The third kappa shape index (κ3) is 4.71. The Hall–Kier alpha value is -1.55. The third-order valence-corrected chi connectivity index (χ3v) is 4.43. The van der Waals surface area contributed by atoms with Gasteiger partial charge in [0.05, 0.1) is 6.10 Å². The molecule has 1 aliphatic rings. The Morgan fingerprint density at radius 2 is 1.87 bits per heavy atom. The predicted octanol–water partition coefficient (Wildman–Crippen LogP) is 4.54. The van der Waals surface area contributed by atoms with Gasteiger partial charge in [-0.25, -0.2) is 0 Å². The molecule has 1 aromatic carbocycles. The van der Waals surface area contributed by atoms with Crippen LogP contribution in [0.3, 0.4) is 0 Å². The summed E-state index contributed by atoms with van der Waals surface area (Å²) in [7, 11) is 0. The van der Waals surface area contributed by atoms with Crippen LogP contribution in [0.25, 0.3) is 0 Å². The van der Waals surface area contributed by atoms with Gasteiger partial charge in [-0.05, 0) is 69.7 Å². The average molecular weight is 319 g/mol. The van der Waals surface area contributed by atoms with E-state index in [0.29, 0.717) is 6.61 Å². The van der Waals surface area contributed by atoms with Crippen LogP contribution in [0.4, 0.5) is 5.69 Å². The quantitative estimate of drug-likeness (QED) is 0.765. The van der Waals surface area contributed by atoms with Crippen LogP contribution in [0.5, 0.6) is 5.75 Å². The van der Waals surface area contributed by atoms with Crippen molar-refractivity contribution in [3.63, 3.8) is 0 Å². The van der Waals surface area contributed by atoms with Crippen molar-refractivity contribution in [1.82, 2.24) is 0 Å². The number of nitrogens with one attached hydrogen (secondary N) is 1. The molecule has 1 aliphatic carbocycles. The summed E-state index contributed by atoms with van der Waals surface area (Å²) in [6, 6.07) is 7.57. The predicted molar refractivity (Wildman–Crippen MR) is 92.9 cm³/mol. The highest BCUT2D eigenvalue weighted by atomic mass is 16.5. The Kier molecular flexibility index (Phi) is 6.46. The summed E-state index contributed by atoms with van der Waals surface area (Å²) in [6.45, 7) is 6.84. The summed E-state index contributed by atoms with van der Waals surface area (Å²) >= 11 is 0. The van der Waals surface area contributed by atoms with E-state index >= 15 is 0 Å². The highest BCUT2D eigenvalue weighted by molar-refractivity contribution is 5.97. The molecule has 1 fully saturated rings. The summed E-state index contributed by atoms with van der Waals surface area (Å²) in [5.74, 6) is 0.814. The molecule has 0 radical (unpaired) electrons. The molecule has 0 aromatic heterocycles. The Bertz CT molecular complexity index is 492. The van der Waals surface area contributed by atoms with Crippen LogP contribution >= 0.6 is 0 Å². The van der Waals surface area contributed by atoms with Gasteiger partial charge in [0.15, 0.2) is 0 Å². The number of hydrogen-bond acceptors (Lipinski definition) is 3. The molecule has 23 heavy (non-hydrogen) atoms. The largest absolute Gasteiger partial charge is 0.491 e. The van der Waals surface area contributed by atoms with Crippen LogP contribution in [-0.2, 0) is 9.53 Å². The number of benzene rings is 1. The number of anilines is 1. The van der Waals surface area contributed by atoms with Crippen LogP contribution < -0.4 is 10.1 Å². The van der Waals surface area contributed by atoms with Crippen LogP contribution in [0.15, 0.2) is 24.3 Å². The molecule has 1 saturated carbocycles. The lowest BCUT2D eigenvalue weighted by Gasteiger charge is -2.28. The summed E-state index contributed by atoms with van der Waals surface area (Å²) in [6.07, 6.45) is 5.83. The summed E-state index contributed by atoms with van der Waals surface area (Å²) in [5, 5.41) is 3.01. The van der Waals surface area contributed by atoms with E-state index in [-0.39, 0.29) is 12.0 Å². The molecule has 0 bridgehead atoms. The van der Waals surface area contributed by atoms with Crippen molar-refractivity contribution >= 4 is 11.6 Å². The van der Waals surface area contributed by atoms with E-state index < -0.39 is 5.60 Å². The highest BCUT2D eigenvalue weighted by Gasteiger charge is 2.42. The van der Waals surface area contributed by atoms with E-state index in [2.05, 4.69) is 19.2 Å². The van der Waals surface area contributed by atoms with E-state index in [0.717, 1.165) is 50.0 Å². The molecule has 4 nitrogen and oxygen atoms in total. The van der Waals surface area contributed by atoms with Gasteiger partial charge in [0.25, 0.3) is 5.91 Å². The fourth-order valence-corrected chi connectivity index (χ4v) is 2.86. The minimum atomic E-state index is -0.637. The number of ether oxygens (including phenoxy) is 2. The maximum Gasteiger partial charge on any atom is 0.256 e. The lowest BCUT2D eigenvalue weighted by molar-refractivity contribution is -0.140. The topological polar surface area (TPSA) is 47.6 Å². The van der Waals surface area contributed by atoms with E-state index in [4.69, 9.17) is 9.47 Å². The van der Waals surface area contributed by atoms with E-state index in [1.165, 1.54) is 0 Å². The van der Waals surface area contributed by atoms with Crippen molar-refractivity contribution in [2.75, 3.05) is 11.9 Å². The highest BCUT2D eigenvalue weighted by Crippen LogP contribution is 2.34. The summed E-state index contributed by atoms with van der Waals surface area (Å²) in [4.78, 5) is 12.7. The Balaban J connectivity index is 1.98. The van der Waals surface area contributed by atoms with Crippen LogP contribution in [0.1, 0.15) is 59.3 Å².